The molecule has 2 aromatic heterocycles. The molecule has 1 fully saturated rings. The van der Waals surface area contributed by atoms with Gasteiger partial charge in [0, 0.05) is 18.8 Å². The molecule has 0 aromatic carbocycles. The van der Waals surface area contributed by atoms with Crippen LogP contribution in [0, 0.1) is 0 Å². The lowest BCUT2D eigenvalue weighted by molar-refractivity contribution is -0.130. The van der Waals surface area contributed by atoms with E-state index in [0.717, 1.165) is 5.52 Å². The van der Waals surface area contributed by atoms with Gasteiger partial charge in [-0.1, -0.05) is 0 Å². The number of carboxylic acid groups (broad SMARTS) is 1. The molecule has 0 unspecified atom stereocenters. The Morgan fingerprint density at radius 3 is 3.20 bits per heavy atom. The number of hydrogen-bond donors (Lipinski definition) is 2. The number of rotatable bonds is 3. The van der Waals surface area contributed by atoms with Crippen molar-refractivity contribution in [1.29, 1.82) is 0 Å². The lowest BCUT2D eigenvalue weighted by atomic mass is 10.2. The van der Waals surface area contributed by atoms with Gasteiger partial charge >= 0.3 is 6.09 Å². The third kappa shape index (κ3) is 2.29. The number of aromatic nitrogens is 1. The van der Waals surface area contributed by atoms with Gasteiger partial charge < -0.3 is 19.7 Å². The first-order valence-electron chi connectivity index (χ1n) is 6.25. The fraction of sp³-hybridized carbons (Fsp3) is 0.308. The Labute approximate surface area is 114 Å². The number of likely N-dealkylation sites (tertiary alicyclic amines) is 1. The van der Waals surface area contributed by atoms with Crippen LogP contribution in [0.15, 0.2) is 28.8 Å². The Morgan fingerprint density at radius 2 is 2.45 bits per heavy atom. The molecule has 7 heteroatoms. The number of carbonyl (C=O) groups is 2. The van der Waals surface area contributed by atoms with Crippen molar-refractivity contribution in [2.45, 2.75) is 19.0 Å². The highest BCUT2D eigenvalue weighted by atomic mass is 16.4. The Balaban J connectivity index is 1.72. The Hall–Kier alpha value is -2.57. The molecule has 3 rings (SSSR count). The summed E-state index contributed by atoms with van der Waals surface area (Å²) in [5.74, 6) is 0.420. The monoisotopic (exact) mass is 275 g/mol. The first-order chi connectivity index (χ1) is 9.63. The highest BCUT2D eigenvalue weighted by Gasteiger charge is 2.33. The van der Waals surface area contributed by atoms with Crippen molar-refractivity contribution in [2.75, 3.05) is 6.54 Å². The molecule has 2 amide bonds. The molecule has 1 saturated heterocycles. The molecule has 0 saturated carbocycles. The molecule has 0 spiro atoms. The number of fused-ring (bicyclic) bond motifs is 1. The first kappa shape index (κ1) is 12.5. The van der Waals surface area contributed by atoms with Crippen LogP contribution < -0.4 is 5.32 Å². The summed E-state index contributed by atoms with van der Waals surface area (Å²) in [5, 5.41) is 10.9. The second-order valence-electron chi connectivity index (χ2n) is 4.65. The molecule has 0 aliphatic carbocycles. The maximum absolute atomic E-state index is 12.0. The third-order valence-corrected chi connectivity index (χ3v) is 3.28. The smallest absolute Gasteiger partial charge is 0.405 e. The third-order valence-electron chi connectivity index (χ3n) is 3.28. The summed E-state index contributed by atoms with van der Waals surface area (Å²) in [6.07, 6.45) is 0.970. The molecular weight excluding hydrogens is 262 g/mol. The second kappa shape index (κ2) is 4.84. The lowest BCUT2D eigenvalue weighted by Gasteiger charge is -2.14. The predicted molar refractivity (Wildman–Crippen MR) is 69.0 cm³/mol. The van der Waals surface area contributed by atoms with Gasteiger partial charge in [-0.2, -0.15) is 0 Å². The zero-order valence-electron chi connectivity index (χ0n) is 10.6. The Kier molecular flexibility index (Phi) is 3.02. The van der Waals surface area contributed by atoms with E-state index in [1.54, 1.807) is 23.2 Å². The average Bonchev–Trinajstić information content (AvgIpc) is 2.96. The lowest BCUT2D eigenvalue weighted by Crippen LogP contribution is -2.40. The number of nitrogens with one attached hydrogen (secondary N) is 1. The van der Waals surface area contributed by atoms with E-state index in [9.17, 15) is 9.59 Å². The van der Waals surface area contributed by atoms with Crippen molar-refractivity contribution in [3.63, 3.8) is 0 Å². The van der Waals surface area contributed by atoms with Gasteiger partial charge in [-0.15, -0.1) is 0 Å². The van der Waals surface area contributed by atoms with Crippen molar-refractivity contribution in [3.05, 3.63) is 30.2 Å². The summed E-state index contributed by atoms with van der Waals surface area (Å²) in [6, 6.07) is 4.73. The Bertz CT molecular complexity index is 633. The standard InChI is InChI=1S/C13H13N3O4/c17-12-9(15-13(18)19)3-5-16(12)7-8-6-10-11(20-8)2-1-4-14-10/h1-2,4,6,9,15H,3,5,7H2,(H,18,19)/t9-/m0/s1. The quantitative estimate of drug-likeness (QED) is 0.877. The van der Waals surface area contributed by atoms with Gasteiger partial charge in [0.25, 0.3) is 0 Å². The average molecular weight is 275 g/mol. The molecule has 20 heavy (non-hydrogen) atoms. The maximum atomic E-state index is 12.0. The van der Waals surface area contributed by atoms with Crippen LogP contribution in [-0.2, 0) is 11.3 Å². The van der Waals surface area contributed by atoms with E-state index in [1.165, 1.54) is 0 Å². The molecule has 2 aromatic rings. The molecule has 0 radical (unpaired) electrons. The molecule has 1 atom stereocenters. The fourth-order valence-corrected chi connectivity index (χ4v) is 2.37. The van der Waals surface area contributed by atoms with Gasteiger partial charge in [-0.3, -0.25) is 9.78 Å². The Morgan fingerprint density at radius 1 is 1.60 bits per heavy atom. The minimum atomic E-state index is -1.18. The van der Waals surface area contributed by atoms with Crippen LogP contribution in [0.25, 0.3) is 11.1 Å². The van der Waals surface area contributed by atoms with Gasteiger partial charge in [0.05, 0.1) is 6.54 Å². The van der Waals surface area contributed by atoms with E-state index < -0.39 is 12.1 Å². The van der Waals surface area contributed by atoms with Crippen molar-refractivity contribution >= 4 is 23.1 Å². The van der Waals surface area contributed by atoms with Gasteiger partial charge in [0.1, 0.15) is 17.3 Å². The van der Waals surface area contributed by atoms with Crippen molar-refractivity contribution in [2.24, 2.45) is 0 Å². The zero-order chi connectivity index (χ0) is 14.1. The summed E-state index contributed by atoms with van der Waals surface area (Å²) < 4.78 is 5.60. The van der Waals surface area contributed by atoms with E-state index in [4.69, 9.17) is 9.52 Å². The summed E-state index contributed by atoms with van der Waals surface area (Å²) in [7, 11) is 0. The summed E-state index contributed by atoms with van der Waals surface area (Å²) >= 11 is 0. The summed E-state index contributed by atoms with van der Waals surface area (Å²) in [6.45, 7) is 0.835. The van der Waals surface area contributed by atoms with Crippen LogP contribution in [0.4, 0.5) is 4.79 Å². The zero-order valence-corrected chi connectivity index (χ0v) is 10.6. The topological polar surface area (TPSA) is 95.7 Å². The van der Waals surface area contributed by atoms with E-state index in [-0.39, 0.29) is 5.91 Å². The largest absolute Gasteiger partial charge is 0.465 e. The van der Waals surface area contributed by atoms with Crippen LogP contribution in [0.5, 0.6) is 0 Å². The molecule has 2 N–H and O–H groups in total. The predicted octanol–water partition coefficient (Wildman–Crippen LogP) is 1.20. The number of furan rings is 1. The number of carbonyl (C=O) groups excluding carboxylic acids is 1. The van der Waals surface area contributed by atoms with E-state index in [2.05, 4.69) is 10.3 Å². The SMILES string of the molecule is O=C(O)N[C@H]1CCN(Cc2cc3ncccc3o2)C1=O. The number of pyridine rings is 1. The van der Waals surface area contributed by atoms with Crippen molar-refractivity contribution in [1.82, 2.24) is 15.2 Å². The van der Waals surface area contributed by atoms with Gasteiger partial charge in [0.2, 0.25) is 5.91 Å². The minimum Gasteiger partial charge on any atom is -0.465 e. The van der Waals surface area contributed by atoms with Crippen LogP contribution in [0.2, 0.25) is 0 Å². The van der Waals surface area contributed by atoms with Crippen LogP contribution in [0.1, 0.15) is 12.2 Å². The van der Waals surface area contributed by atoms with Gasteiger partial charge in [-0.05, 0) is 18.6 Å². The molecular formula is C13H13N3O4. The summed E-state index contributed by atoms with van der Waals surface area (Å²) in [5.41, 5.74) is 1.42. The molecule has 0 bridgehead atoms. The van der Waals surface area contributed by atoms with Crippen molar-refractivity contribution < 1.29 is 19.1 Å². The minimum absolute atomic E-state index is 0.221. The van der Waals surface area contributed by atoms with E-state index in [0.29, 0.717) is 30.9 Å². The summed E-state index contributed by atoms with van der Waals surface area (Å²) in [4.78, 5) is 28.3. The molecule has 104 valence electrons. The van der Waals surface area contributed by atoms with E-state index in [1.807, 2.05) is 6.07 Å². The fourth-order valence-electron chi connectivity index (χ4n) is 2.37. The van der Waals surface area contributed by atoms with Crippen LogP contribution >= 0.6 is 0 Å². The number of amides is 2. The second-order valence-corrected chi connectivity index (χ2v) is 4.65. The van der Waals surface area contributed by atoms with Gasteiger partial charge in [-0.25, -0.2) is 4.79 Å². The van der Waals surface area contributed by atoms with Gasteiger partial charge in [0.15, 0.2) is 5.58 Å². The highest BCUT2D eigenvalue weighted by Crippen LogP contribution is 2.20. The molecule has 3 heterocycles. The van der Waals surface area contributed by atoms with Crippen LogP contribution in [-0.4, -0.2) is 39.6 Å². The molecule has 1 aliphatic rings. The number of hydrogen-bond acceptors (Lipinski definition) is 4. The normalized spacial score (nSPS) is 18.7. The first-order valence-corrected chi connectivity index (χ1v) is 6.25. The molecule has 1 aliphatic heterocycles. The van der Waals surface area contributed by atoms with Crippen molar-refractivity contribution in [3.8, 4) is 0 Å². The highest BCUT2D eigenvalue weighted by molar-refractivity contribution is 5.87. The molecule has 7 nitrogen and oxygen atoms in total. The van der Waals surface area contributed by atoms with Crippen LogP contribution in [0.3, 0.4) is 0 Å². The maximum Gasteiger partial charge on any atom is 0.405 e. The van der Waals surface area contributed by atoms with E-state index >= 15 is 0 Å². The number of nitrogens with zero attached hydrogens (tertiary/aromatic N) is 2.